The molecular formula is C26H24ClF2N3O2. The van der Waals surface area contributed by atoms with Crippen LogP contribution < -0.4 is 10.2 Å². The molecule has 0 spiro atoms. The molecule has 0 bridgehead atoms. The van der Waals surface area contributed by atoms with E-state index in [0.29, 0.717) is 22.4 Å². The van der Waals surface area contributed by atoms with Crippen LogP contribution in [0.4, 0.5) is 19.3 Å². The molecule has 0 aliphatic carbocycles. The summed E-state index contributed by atoms with van der Waals surface area (Å²) in [4.78, 5) is 29.0. The number of hydrogen-bond acceptors (Lipinski definition) is 2. The molecule has 1 atom stereocenters. The normalized spacial score (nSPS) is 15.4. The lowest BCUT2D eigenvalue weighted by molar-refractivity contribution is 0.0950. The molecule has 0 saturated heterocycles. The number of aryl methyl sites for hydroxylation is 1. The zero-order valence-electron chi connectivity index (χ0n) is 19.0. The van der Waals surface area contributed by atoms with Gasteiger partial charge in [-0.2, -0.15) is 0 Å². The van der Waals surface area contributed by atoms with Gasteiger partial charge in [0.15, 0.2) is 0 Å². The highest BCUT2D eigenvalue weighted by molar-refractivity contribution is 6.31. The van der Waals surface area contributed by atoms with E-state index in [1.165, 1.54) is 17.0 Å². The molecule has 8 heteroatoms. The molecule has 1 aliphatic rings. The number of halogens is 3. The van der Waals surface area contributed by atoms with Gasteiger partial charge in [-0.05, 0) is 49.2 Å². The molecule has 3 aromatic carbocycles. The Hall–Kier alpha value is -3.45. The maximum atomic E-state index is 14.5. The fraction of sp³-hybridized carbons (Fsp3) is 0.231. The molecule has 0 fully saturated rings. The summed E-state index contributed by atoms with van der Waals surface area (Å²) >= 11 is 6.21. The van der Waals surface area contributed by atoms with Gasteiger partial charge in [0.25, 0.3) is 5.91 Å². The zero-order chi connectivity index (χ0) is 24.6. The summed E-state index contributed by atoms with van der Waals surface area (Å²) in [6.07, 6.45) is 0. The Bertz CT molecular complexity index is 1260. The highest BCUT2D eigenvalue weighted by Crippen LogP contribution is 2.38. The van der Waals surface area contributed by atoms with Crippen molar-refractivity contribution in [1.82, 2.24) is 10.2 Å². The number of rotatable bonds is 5. The van der Waals surface area contributed by atoms with Crippen LogP contribution in [-0.4, -0.2) is 23.9 Å². The summed E-state index contributed by atoms with van der Waals surface area (Å²) < 4.78 is 28.8. The topological polar surface area (TPSA) is 52.7 Å². The molecule has 1 heterocycles. The van der Waals surface area contributed by atoms with E-state index in [9.17, 15) is 18.4 Å². The molecule has 0 aromatic heterocycles. The number of amides is 3. The molecule has 3 aromatic rings. The molecule has 176 valence electrons. The number of benzene rings is 3. The number of nitrogens with one attached hydrogen (secondary N) is 1. The van der Waals surface area contributed by atoms with Gasteiger partial charge in [-0.25, -0.2) is 13.6 Å². The van der Waals surface area contributed by atoms with E-state index in [0.717, 1.165) is 5.56 Å². The molecular weight excluding hydrogens is 460 g/mol. The molecule has 4 rings (SSSR count). The summed E-state index contributed by atoms with van der Waals surface area (Å²) in [5.74, 6) is -1.28. The minimum atomic E-state index is -0.516. The van der Waals surface area contributed by atoms with Crippen molar-refractivity contribution in [2.75, 3.05) is 11.9 Å². The van der Waals surface area contributed by atoms with Gasteiger partial charge in [0, 0.05) is 35.3 Å². The first-order chi connectivity index (χ1) is 16.2. The van der Waals surface area contributed by atoms with E-state index in [-0.39, 0.29) is 41.6 Å². The van der Waals surface area contributed by atoms with Crippen molar-refractivity contribution >= 4 is 29.2 Å². The van der Waals surface area contributed by atoms with Gasteiger partial charge in [-0.15, -0.1) is 0 Å². The molecule has 0 saturated carbocycles. The first kappa shape index (κ1) is 23.7. The third-order valence-electron chi connectivity index (χ3n) is 6.24. The monoisotopic (exact) mass is 483 g/mol. The van der Waals surface area contributed by atoms with Crippen molar-refractivity contribution in [2.45, 2.75) is 33.0 Å². The Labute approximate surface area is 201 Å². The predicted molar refractivity (Wildman–Crippen MR) is 128 cm³/mol. The Morgan fingerprint density at radius 3 is 2.59 bits per heavy atom. The van der Waals surface area contributed by atoms with Crippen LogP contribution in [0.15, 0.2) is 54.6 Å². The van der Waals surface area contributed by atoms with Crippen molar-refractivity contribution in [1.29, 1.82) is 0 Å². The molecule has 0 unspecified atom stereocenters. The highest BCUT2D eigenvalue weighted by Gasteiger charge is 2.34. The number of hydrogen-bond donors (Lipinski definition) is 1. The lowest BCUT2D eigenvalue weighted by atomic mass is 9.98. The number of fused-ring (bicyclic) bond motifs is 1. The second-order valence-corrected chi connectivity index (χ2v) is 8.77. The first-order valence-electron chi connectivity index (χ1n) is 10.8. The first-order valence-corrected chi connectivity index (χ1v) is 11.2. The van der Waals surface area contributed by atoms with Crippen molar-refractivity contribution in [3.63, 3.8) is 0 Å². The van der Waals surface area contributed by atoms with Crippen molar-refractivity contribution in [3.05, 3.63) is 99.1 Å². The van der Waals surface area contributed by atoms with Gasteiger partial charge in [-0.1, -0.05) is 41.9 Å². The van der Waals surface area contributed by atoms with E-state index >= 15 is 0 Å². The van der Waals surface area contributed by atoms with Gasteiger partial charge in [0.1, 0.15) is 11.6 Å². The number of carbonyl (C=O) groups excluding carboxylic acids is 2. The van der Waals surface area contributed by atoms with Gasteiger partial charge >= 0.3 is 6.03 Å². The van der Waals surface area contributed by atoms with E-state index in [2.05, 4.69) is 5.32 Å². The van der Waals surface area contributed by atoms with Crippen LogP contribution in [0.1, 0.15) is 45.6 Å². The molecule has 5 nitrogen and oxygen atoms in total. The lowest BCUT2D eigenvalue weighted by Crippen LogP contribution is -2.46. The van der Waals surface area contributed by atoms with Gasteiger partial charge in [-0.3, -0.25) is 9.69 Å². The van der Waals surface area contributed by atoms with Crippen LogP contribution in [0, 0.1) is 18.6 Å². The van der Waals surface area contributed by atoms with Crippen LogP contribution in [0.5, 0.6) is 0 Å². The summed E-state index contributed by atoms with van der Waals surface area (Å²) in [6, 6.07) is 13.8. The zero-order valence-corrected chi connectivity index (χ0v) is 19.8. The summed E-state index contributed by atoms with van der Waals surface area (Å²) in [5, 5.41) is 2.94. The average molecular weight is 484 g/mol. The van der Waals surface area contributed by atoms with E-state index in [1.807, 2.05) is 6.92 Å². The molecule has 3 amide bonds. The van der Waals surface area contributed by atoms with Gasteiger partial charge < -0.3 is 10.2 Å². The average Bonchev–Trinajstić information content (AvgIpc) is 2.82. The summed E-state index contributed by atoms with van der Waals surface area (Å²) in [6.45, 7) is 3.48. The fourth-order valence-electron chi connectivity index (χ4n) is 4.06. The molecule has 1 N–H and O–H groups in total. The highest BCUT2D eigenvalue weighted by atomic mass is 35.5. The number of carbonyl (C=O) groups is 2. The summed E-state index contributed by atoms with van der Waals surface area (Å²) in [7, 11) is 1.67. The standard InChI is InChI=1S/C26H24ClF2N3O2/c1-15-6-4-7-18(24(15)29)13-30-25(33)17-10-11-19-16(2)31(3)26(34)32(23(19)12-17)14-20-21(27)8-5-9-22(20)28/h4-12,16H,13-14H2,1-3H3,(H,30,33)/t16-/m0/s1. The third-order valence-corrected chi connectivity index (χ3v) is 6.59. The fourth-order valence-corrected chi connectivity index (χ4v) is 4.28. The van der Waals surface area contributed by atoms with Crippen LogP contribution in [0.2, 0.25) is 5.02 Å². The Morgan fingerprint density at radius 1 is 1.12 bits per heavy atom. The molecule has 0 radical (unpaired) electrons. The van der Waals surface area contributed by atoms with E-state index in [4.69, 9.17) is 11.6 Å². The largest absolute Gasteiger partial charge is 0.348 e. The summed E-state index contributed by atoms with van der Waals surface area (Å²) in [5.41, 5.74) is 2.70. The van der Waals surface area contributed by atoms with E-state index in [1.54, 1.807) is 61.3 Å². The Kier molecular flexibility index (Phi) is 6.57. The van der Waals surface area contributed by atoms with Crippen molar-refractivity contribution < 1.29 is 18.4 Å². The second kappa shape index (κ2) is 9.43. The quantitative estimate of drug-likeness (QED) is 0.484. The maximum absolute atomic E-state index is 14.5. The minimum absolute atomic E-state index is 0.0239. The predicted octanol–water partition coefficient (Wildman–Crippen LogP) is 5.99. The van der Waals surface area contributed by atoms with Crippen molar-refractivity contribution in [3.8, 4) is 0 Å². The SMILES string of the molecule is Cc1cccc(CNC(=O)c2ccc3c(c2)N(Cc2c(F)cccc2Cl)C(=O)N(C)[C@H]3C)c1F. The van der Waals surface area contributed by atoms with Crippen LogP contribution >= 0.6 is 11.6 Å². The van der Waals surface area contributed by atoms with E-state index < -0.39 is 11.7 Å². The smallest absolute Gasteiger partial charge is 0.325 e. The Morgan fingerprint density at radius 2 is 1.85 bits per heavy atom. The maximum Gasteiger partial charge on any atom is 0.325 e. The number of urea groups is 1. The number of anilines is 1. The van der Waals surface area contributed by atoms with Crippen LogP contribution in [0.3, 0.4) is 0 Å². The van der Waals surface area contributed by atoms with Gasteiger partial charge in [0.2, 0.25) is 0 Å². The molecule has 34 heavy (non-hydrogen) atoms. The molecule has 1 aliphatic heterocycles. The second-order valence-electron chi connectivity index (χ2n) is 8.36. The van der Waals surface area contributed by atoms with Gasteiger partial charge in [0.05, 0.1) is 18.3 Å². The van der Waals surface area contributed by atoms with Crippen LogP contribution in [0.25, 0.3) is 0 Å². The Balaban J connectivity index is 1.65. The van der Waals surface area contributed by atoms with Crippen LogP contribution in [-0.2, 0) is 13.1 Å². The third kappa shape index (κ3) is 4.35. The number of nitrogens with zero attached hydrogens (tertiary/aromatic N) is 2. The minimum Gasteiger partial charge on any atom is -0.348 e. The lowest BCUT2D eigenvalue weighted by Gasteiger charge is -2.39. The van der Waals surface area contributed by atoms with Crippen molar-refractivity contribution in [2.24, 2.45) is 0 Å².